The molecule has 0 saturated carbocycles. The van der Waals surface area contributed by atoms with Crippen LogP contribution in [0, 0.1) is 4.91 Å². The van der Waals surface area contributed by atoms with Crippen molar-refractivity contribution < 1.29 is 14.3 Å². The van der Waals surface area contributed by atoms with Crippen molar-refractivity contribution in [2.24, 2.45) is 5.18 Å². The lowest BCUT2D eigenvalue weighted by molar-refractivity contribution is -0.123. The molecule has 6 N–H and O–H groups in total. The van der Waals surface area contributed by atoms with Crippen LogP contribution in [-0.2, 0) is 4.79 Å². The molecule has 2 aromatic rings. The van der Waals surface area contributed by atoms with Gasteiger partial charge in [0.15, 0.2) is 12.9 Å². The number of amides is 1. The van der Waals surface area contributed by atoms with Crippen LogP contribution in [-0.4, -0.2) is 31.9 Å². The average Bonchev–Trinajstić information content (AvgIpc) is 2.64. The molecule has 0 radical (unpaired) electrons. The quantitative estimate of drug-likeness (QED) is 0.231. The SMILES string of the molecule is Nc1cc(OCC(=O)NCCNc2ccc(N=O)cc2N)ccc1C=O. The normalized spacial score (nSPS) is 10.0. The highest BCUT2D eigenvalue weighted by molar-refractivity contribution is 5.83. The van der Waals surface area contributed by atoms with Crippen molar-refractivity contribution in [3.63, 3.8) is 0 Å². The first-order chi connectivity index (χ1) is 12.5. The number of benzene rings is 2. The topological polar surface area (TPSA) is 149 Å². The number of carbonyl (C=O) groups is 2. The summed E-state index contributed by atoms with van der Waals surface area (Å²) in [5.41, 5.74) is 13.4. The standard InChI is InChI=1S/C17H19N5O4/c18-14-8-13(3-1-11(14)9-23)26-10-17(24)21-6-5-20-16-4-2-12(22-25)7-15(16)19/h1-4,7-9,20H,5-6,10,18-19H2,(H,21,24). The van der Waals surface area contributed by atoms with E-state index in [1.165, 1.54) is 18.2 Å². The maximum atomic E-state index is 11.8. The minimum atomic E-state index is -0.307. The molecule has 0 aromatic heterocycles. The molecule has 0 fully saturated rings. The molecule has 136 valence electrons. The summed E-state index contributed by atoms with van der Waals surface area (Å²) in [5, 5.41) is 8.52. The molecule has 0 aliphatic rings. The Bertz CT molecular complexity index is 810. The van der Waals surface area contributed by atoms with Crippen LogP contribution in [0.1, 0.15) is 10.4 Å². The van der Waals surface area contributed by atoms with Crippen molar-refractivity contribution in [2.45, 2.75) is 0 Å². The summed E-state index contributed by atoms with van der Waals surface area (Å²) in [5.74, 6) is 0.0938. The van der Waals surface area contributed by atoms with Crippen molar-refractivity contribution in [3.8, 4) is 5.75 Å². The molecule has 0 saturated heterocycles. The van der Waals surface area contributed by atoms with E-state index in [4.69, 9.17) is 16.2 Å². The zero-order valence-corrected chi connectivity index (χ0v) is 13.9. The molecule has 0 unspecified atom stereocenters. The average molecular weight is 357 g/mol. The van der Waals surface area contributed by atoms with Gasteiger partial charge in [-0.25, -0.2) is 0 Å². The zero-order valence-electron chi connectivity index (χ0n) is 13.9. The van der Waals surface area contributed by atoms with Gasteiger partial charge in [-0.15, -0.1) is 4.91 Å². The van der Waals surface area contributed by atoms with Gasteiger partial charge in [0, 0.05) is 30.4 Å². The Morgan fingerprint density at radius 3 is 2.58 bits per heavy atom. The molecule has 0 heterocycles. The summed E-state index contributed by atoms with van der Waals surface area (Å²) < 4.78 is 5.32. The second-order valence-corrected chi connectivity index (χ2v) is 5.34. The molecule has 9 nitrogen and oxygen atoms in total. The molecule has 0 aliphatic carbocycles. The molecule has 0 atom stereocenters. The maximum Gasteiger partial charge on any atom is 0.258 e. The second kappa shape index (κ2) is 9.02. The minimum absolute atomic E-state index is 0.179. The lowest BCUT2D eigenvalue weighted by Crippen LogP contribution is -2.32. The molecular formula is C17H19N5O4. The Morgan fingerprint density at radius 2 is 1.92 bits per heavy atom. The summed E-state index contributed by atoms with van der Waals surface area (Å²) >= 11 is 0. The highest BCUT2D eigenvalue weighted by atomic mass is 16.5. The third kappa shape index (κ3) is 5.20. The summed E-state index contributed by atoms with van der Waals surface area (Å²) in [7, 11) is 0. The van der Waals surface area contributed by atoms with Crippen LogP contribution < -0.4 is 26.8 Å². The molecule has 9 heteroatoms. The Hall–Kier alpha value is -3.62. The lowest BCUT2D eigenvalue weighted by Gasteiger charge is -2.11. The highest BCUT2D eigenvalue weighted by Crippen LogP contribution is 2.24. The van der Waals surface area contributed by atoms with Crippen LogP contribution in [0.25, 0.3) is 0 Å². The largest absolute Gasteiger partial charge is 0.484 e. The molecule has 0 spiro atoms. The van der Waals surface area contributed by atoms with E-state index in [0.29, 0.717) is 42.1 Å². The van der Waals surface area contributed by atoms with E-state index in [2.05, 4.69) is 15.8 Å². The van der Waals surface area contributed by atoms with Crippen molar-refractivity contribution in [3.05, 3.63) is 46.9 Å². The van der Waals surface area contributed by atoms with Crippen LogP contribution in [0.4, 0.5) is 22.7 Å². The fourth-order valence-electron chi connectivity index (χ4n) is 2.12. The number of nitrogens with zero attached hydrogens (tertiary/aromatic N) is 1. The van der Waals surface area contributed by atoms with Gasteiger partial charge in [0.25, 0.3) is 5.91 Å². The molecule has 1 amide bonds. The van der Waals surface area contributed by atoms with Crippen LogP contribution >= 0.6 is 0 Å². The van der Waals surface area contributed by atoms with Gasteiger partial charge < -0.3 is 26.8 Å². The first kappa shape index (κ1) is 18.7. The van der Waals surface area contributed by atoms with Gasteiger partial charge in [0.1, 0.15) is 11.4 Å². The number of hydrogen-bond donors (Lipinski definition) is 4. The van der Waals surface area contributed by atoms with Crippen molar-refractivity contribution in [1.29, 1.82) is 0 Å². The van der Waals surface area contributed by atoms with E-state index in [1.54, 1.807) is 18.2 Å². The first-order valence-corrected chi connectivity index (χ1v) is 7.74. The van der Waals surface area contributed by atoms with Gasteiger partial charge in [-0.05, 0) is 35.5 Å². The van der Waals surface area contributed by atoms with Gasteiger partial charge in [0.2, 0.25) is 0 Å². The van der Waals surface area contributed by atoms with Crippen LogP contribution in [0.15, 0.2) is 41.6 Å². The number of nitrogens with one attached hydrogen (secondary N) is 2. The Balaban J connectivity index is 1.71. The van der Waals surface area contributed by atoms with Gasteiger partial charge in [-0.2, -0.15) is 0 Å². The molecule has 0 aliphatic heterocycles. The number of anilines is 3. The summed E-state index contributed by atoms with van der Waals surface area (Å²) in [6.07, 6.45) is 0.647. The van der Waals surface area contributed by atoms with E-state index in [0.717, 1.165) is 0 Å². The number of aldehydes is 1. The zero-order chi connectivity index (χ0) is 18.9. The fourth-order valence-corrected chi connectivity index (χ4v) is 2.12. The minimum Gasteiger partial charge on any atom is -0.484 e. The van der Waals surface area contributed by atoms with Crippen molar-refractivity contribution in [2.75, 3.05) is 36.5 Å². The molecular weight excluding hydrogens is 338 g/mol. The smallest absolute Gasteiger partial charge is 0.258 e. The van der Waals surface area contributed by atoms with E-state index in [-0.39, 0.29) is 23.9 Å². The third-order valence-corrected chi connectivity index (χ3v) is 3.46. The number of nitroso groups, excluding NO2 is 1. The summed E-state index contributed by atoms with van der Waals surface area (Å²) in [6.45, 7) is 0.605. The molecule has 2 aromatic carbocycles. The number of ether oxygens (including phenoxy) is 1. The molecule has 2 rings (SSSR count). The Labute approximate surface area is 149 Å². The first-order valence-electron chi connectivity index (χ1n) is 7.74. The Morgan fingerprint density at radius 1 is 1.12 bits per heavy atom. The van der Waals surface area contributed by atoms with Crippen LogP contribution in [0.2, 0.25) is 0 Å². The third-order valence-electron chi connectivity index (χ3n) is 3.46. The van der Waals surface area contributed by atoms with Crippen molar-refractivity contribution >= 4 is 34.9 Å². The van der Waals surface area contributed by atoms with Crippen LogP contribution in [0.3, 0.4) is 0 Å². The lowest BCUT2D eigenvalue weighted by atomic mass is 10.2. The number of carbonyl (C=O) groups excluding carboxylic acids is 2. The fraction of sp³-hybridized carbons (Fsp3) is 0.176. The number of rotatable bonds is 9. The van der Waals surface area contributed by atoms with E-state index >= 15 is 0 Å². The predicted octanol–water partition coefficient (Wildman–Crippen LogP) is 1.67. The predicted molar refractivity (Wildman–Crippen MR) is 99.5 cm³/mol. The van der Waals surface area contributed by atoms with Crippen molar-refractivity contribution in [1.82, 2.24) is 5.32 Å². The van der Waals surface area contributed by atoms with E-state index in [1.807, 2.05) is 0 Å². The number of hydrogen-bond acceptors (Lipinski definition) is 8. The second-order valence-electron chi connectivity index (χ2n) is 5.34. The van der Waals surface area contributed by atoms with Crippen LogP contribution in [0.5, 0.6) is 5.75 Å². The highest BCUT2D eigenvalue weighted by Gasteiger charge is 2.05. The summed E-state index contributed by atoms with van der Waals surface area (Å²) in [6, 6.07) is 9.22. The van der Waals surface area contributed by atoms with Gasteiger partial charge in [-0.3, -0.25) is 9.59 Å². The van der Waals surface area contributed by atoms with Gasteiger partial charge in [0.05, 0.1) is 11.4 Å². The molecule has 26 heavy (non-hydrogen) atoms. The number of nitrogens with two attached hydrogens (primary N) is 2. The molecule has 0 bridgehead atoms. The monoisotopic (exact) mass is 357 g/mol. The van der Waals surface area contributed by atoms with Gasteiger partial charge in [-0.1, -0.05) is 0 Å². The van der Waals surface area contributed by atoms with E-state index < -0.39 is 0 Å². The Kier molecular flexibility index (Phi) is 6.49. The maximum absolute atomic E-state index is 11.8. The number of nitrogen functional groups attached to an aromatic ring is 2. The van der Waals surface area contributed by atoms with Gasteiger partial charge >= 0.3 is 0 Å². The van der Waals surface area contributed by atoms with E-state index in [9.17, 15) is 14.5 Å². The summed E-state index contributed by atoms with van der Waals surface area (Å²) in [4.78, 5) is 32.9.